The number of ether oxygens (including phenoxy) is 3. The molecule has 4 rings (SSSR count). The predicted molar refractivity (Wildman–Crippen MR) is 169 cm³/mol. The number of rotatable bonds is 9. The van der Waals surface area contributed by atoms with E-state index in [1.54, 1.807) is 63.2 Å². The molecule has 3 N–H and O–H groups in total. The van der Waals surface area contributed by atoms with Crippen molar-refractivity contribution < 1.29 is 28.6 Å². The van der Waals surface area contributed by atoms with Crippen molar-refractivity contribution in [3.63, 3.8) is 0 Å². The van der Waals surface area contributed by atoms with Gasteiger partial charge < -0.3 is 25.3 Å². The molecule has 1 atom stereocenters. The minimum atomic E-state index is -0.923. The van der Waals surface area contributed by atoms with Crippen molar-refractivity contribution in [1.82, 2.24) is 0 Å². The first-order valence-electron chi connectivity index (χ1n) is 14.0. The summed E-state index contributed by atoms with van der Waals surface area (Å²) < 4.78 is 16.0. The lowest BCUT2D eigenvalue weighted by Gasteiger charge is -2.23. The van der Waals surface area contributed by atoms with Crippen LogP contribution < -0.4 is 11.1 Å². The molecule has 0 aliphatic heterocycles. The maximum atomic E-state index is 13.1. The Kier molecular flexibility index (Phi) is 10.1. The topological polar surface area (TPSA) is 129 Å². The lowest BCUT2D eigenvalue weighted by atomic mass is 9.91. The Labute approximate surface area is 256 Å². The van der Waals surface area contributed by atoms with E-state index in [9.17, 15) is 14.4 Å². The van der Waals surface area contributed by atoms with E-state index in [1.807, 2.05) is 60.7 Å². The van der Waals surface area contributed by atoms with Gasteiger partial charge in [-0.2, -0.15) is 4.99 Å². The summed E-state index contributed by atoms with van der Waals surface area (Å²) in [5.41, 5.74) is 9.54. The number of amides is 1. The number of carbonyl (C=O) groups is 3. The van der Waals surface area contributed by atoms with Gasteiger partial charge in [-0.15, -0.1) is 0 Å². The van der Waals surface area contributed by atoms with Crippen LogP contribution in [-0.4, -0.2) is 36.6 Å². The molecule has 9 nitrogen and oxygen atoms in total. The van der Waals surface area contributed by atoms with Crippen LogP contribution in [0.25, 0.3) is 11.1 Å². The summed E-state index contributed by atoms with van der Waals surface area (Å²) in [6.07, 6.45) is -0.803. The number of benzene rings is 4. The van der Waals surface area contributed by atoms with E-state index in [2.05, 4.69) is 10.3 Å². The van der Waals surface area contributed by atoms with Gasteiger partial charge in [-0.3, -0.25) is 0 Å². The fourth-order valence-electron chi connectivity index (χ4n) is 4.42. The average molecular weight is 594 g/mol. The Bertz CT molecular complexity index is 1640. The summed E-state index contributed by atoms with van der Waals surface area (Å²) >= 11 is 0. The molecule has 4 aromatic rings. The molecule has 1 amide bonds. The first kappa shape index (κ1) is 31.5. The number of amidine groups is 1. The van der Waals surface area contributed by atoms with E-state index in [4.69, 9.17) is 19.9 Å². The smallest absolute Gasteiger partial charge is 0.435 e. The molecule has 1 unspecified atom stereocenters. The van der Waals surface area contributed by atoms with Crippen LogP contribution in [-0.2, 0) is 25.6 Å². The van der Waals surface area contributed by atoms with Gasteiger partial charge in [-0.25, -0.2) is 14.4 Å². The van der Waals surface area contributed by atoms with Crippen LogP contribution in [0, 0.1) is 0 Å². The lowest BCUT2D eigenvalue weighted by Crippen LogP contribution is -2.25. The quantitative estimate of drug-likeness (QED) is 0.0952. The van der Waals surface area contributed by atoms with E-state index in [1.165, 1.54) is 7.11 Å². The molecule has 0 heterocycles. The van der Waals surface area contributed by atoms with Crippen LogP contribution in [0.4, 0.5) is 10.5 Å². The Hall–Kier alpha value is -5.44. The normalized spacial score (nSPS) is 12.1. The first-order valence-corrected chi connectivity index (χ1v) is 14.0. The Morgan fingerprint density at radius 3 is 2.09 bits per heavy atom. The molecular weight excluding hydrogens is 558 g/mol. The summed E-state index contributed by atoms with van der Waals surface area (Å²) in [6.45, 7) is 5.50. The fraction of sp³-hybridized carbons (Fsp3) is 0.200. The van der Waals surface area contributed by atoms with E-state index in [-0.39, 0.29) is 12.4 Å². The summed E-state index contributed by atoms with van der Waals surface area (Å²) in [6, 6.07) is 29.5. The third-order valence-electron chi connectivity index (χ3n) is 6.45. The minimum absolute atomic E-state index is 0.0109. The van der Waals surface area contributed by atoms with Crippen LogP contribution >= 0.6 is 0 Å². The number of methoxy groups -OCH3 is 1. The summed E-state index contributed by atoms with van der Waals surface area (Å²) in [5.74, 6) is -1.01. The predicted octanol–water partition coefficient (Wildman–Crippen LogP) is 6.68. The van der Waals surface area contributed by atoms with Gasteiger partial charge in [0.05, 0.1) is 12.7 Å². The maximum Gasteiger partial charge on any atom is 0.435 e. The molecule has 0 bridgehead atoms. The Morgan fingerprint density at radius 1 is 0.818 bits per heavy atom. The number of nitrogens with one attached hydrogen (secondary N) is 1. The van der Waals surface area contributed by atoms with Gasteiger partial charge in [0.15, 0.2) is 6.04 Å². The molecule has 44 heavy (non-hydrogen) atoms. The van der Waals surface area contributed by atoms with E-state index >= 15 is 0 Å². The molecule has 0 radical (unpaired) electrons. The number of anilines is 1. The molecule has 0 spiro atoms. The lowest BCUT2D eigenvalue weighted by molar-refractivity contribution is -0.141. The van der Waals surface area contributed by atoms with Crippen molar-refractivity contribution in [3.8, 4) is 11.1 Å². The third kappa shape index (κ3) is 8.32. The SMILES string of the molecule is COC(=O)C(Nc1ccc(/C(N)=N/C(=O)OCc2ccccc2)cc1)c1ccccc1-c1ccccc1C(=O)OC(C)(C)C. The Balaban J connectivity index is 1.57. The molecular formula is C35H35N3O6. The second-order valence-electron chi connectivity index (χ2n) is 10.8. The van der Waals surface area contributed by atoms with Gasteiger partial charge in [0.1, 0.15) is 18.0 Å². The second-order valence-corrected chi connectivity index (χ2v) is 10.8. The van der Waals surface area contributed by atoms with E-state index < -0.39 is 29.7 Å². The van der Waals surface area contributed by atoms with Gasteiger partial charge in [-0.1, -0.05) is 72.8 Å². The van der Waals surface area contributed by atoms with Crippen molar-refractivity contribution in [1.29, 1.82) is 0 Å². The van der Waals surface area contributed by atoms with Crippen LogP contribution in [0.2, 0.25) is 0 Å². The number of aliphatic imine (C=N–C) groups is 1. The molecule has 4 aromatic carbocycles. The molecule has 9 heteroatoms. The highest BCUT2D eigenvalue weighted by molar-refractivity contribution is 6.03. The first-order chi connectivity index (χ1) is 21.1. The van der Waals surface area contributed by atoms with Crippen LogP contribution in [0.3, 0.4) is 0 Å². The number of nitrogens with zero attached hydrogens (tertiary/aromatic N) is 1. The van der Waals surface area contributed by atoms with Gasteiger partial charge >= 0.3 is 18.0 Å². The zero-order valence-electron chi connectivity index (χ0n) is 25.1. The maximum absolute atomic E-state index is 13.1. The summed E-state index contributed by atoms with van der Waals surface area (Å²) in [4.78, 5) is 42.2. The molecule has 0 aromatic heterocycles. The number of esters is 2. The molecule has 0 aliphatic rings. The van der Waals surface area contributed by atoms with Crippen molar-refractivity contribution in [3.05, 3.63) is 125 Å². The number of hydrogen-bond acceptors (Lipinski definition) is 7. The Morgan fingerprint density at radius 2 is 1.43 bits per heavy atom. The van der Waals surface area contributed by atoms with Crippen molar-refractivity contribution in [2.24, 2.45) is 10.7 Å². The average Bonchev–Trinajstić information content (AvgIpc) is 3.02. The summed E-state index contributed by atoms with van der Waals surface area (Å²) in [7, 11) is 1.31. The van der Waals surface area contributed by atoms with E-state index in [0.29, 0.717) is 33.5 Å². The molecule has 0 aliphatic carbocycles. The van der Waals surface area contributed by atoms with Crippen molar-refractivity contribution in [2.45, 2.75) is 39.0 Å². The molecule has 0 saturated heterocycles. The van der Waals surface area contributed by atoms with Crippen molar-refractivity contribution in [2.75, 3.05) is 12.4 Å². The highest BCUT2D eigenvalue weighted by Gasteiger charge is 2.27. The monoisotopic (exact) mass is 593 g/mol. The molecule has 226 valence electrons. The fourth-order valence-corrected chi connectivity index (χ4v) is 4.42. The van der Waals surface area contributed by atoms with Crippen LogP contribution in [0.5, 0.6) is 0 Å². The van der Waals surface area contributed by atoms with Crippen molar-refractivity contribution >= 4 is 29.6 Å². The van der Waals surface area contributed by atoms with Gasteiger partial charge in [0.25, 0.3) is 0 Å². The number of nitrogens with two attached hydrogens (primary N) is 1. The highest BCUT2D eigenvalue weighted by atomic mass is 16.6. The largest absolute Gasteiger partial charge is 0.467 e. The minimum Gasteiger partial charge on any atom is -0.467 e. The highest BCUT2D eigenvalue weighted by Crippen LogP contribution is 2.34. The molecule has 0 saturated carbocycles. The number of hydrogen-bond donors (Lipinski definition) is 2. The zero-order valence-corrected chi connectivity index (χ0v) is 25.1. The summed E-state index contributed by atoms with van der Waals surface area (Å²) in [5, 5.41) is 3.23. The third-order valence-corrected chi connectivity index (χ3v) is 6.45. The van der Waals surface area contributed by atoms with Gasteiger partial charge in [0, 0.05) is 11.3 Å². The van der Waals surface area contributed by atoms with Gasteiger partial charge in [-0.05, 0) is 73.4 Å². The van der Waals surface area contributed by atoms with Gasteiger partial charge in [0.2, 0.25) is 0 Å². The number of carbonyl (C=O) groups excluding carboxylic acids is 3. The van der Waals surface area contributed by atoms with E-state index in [0.717, 1.165) is 5.56 Å². The molecule has 0 fully saturated rings. The zero-order chi connectivity index (χ0) is 31.7. The second kappa shape index (κ2) is 14.2. The van der Waals surface area contributed by atoms with Crippen LogP contribution in [0.15, 0.2) is 108 Å². The van der Waals surface area contributed by atoms with Crippen LogP contribution in [0.1, 0.15) is 53.9 Å². The standard InChI is InChI=1S/C35H35N3O6/c1-35(2,3)44-32(39)29-17-11-9-15-27(29)26-14-8-10-16-28(26)30(33(40)42-4)37-25-20-18-24(19-21-25)31(36)38-34(41)43-22-23-12-6-5-7-13-23/h5-21,30,37H,22H2,1-4H3,(H2,36,38,41).